The Hall–Kier alpha value is -1.84. The number of para-hydroxylation sites is 1. The Bertz CT molecular complexity index is 500. The van der Waals surface area contributed by atoms with E-state index in [9.17, 15) is 9.59 Å². The van der Waals surface area contributed by atoms with Crippen molar-refractivity contribution in [3.05, 3.63) is 29.8 Å². The minimum absolute atomic E-state index is 0.0482. The third-order valence-electron chi connectivity index (χ3n) is 3.93. The number of carbonyl (C=O) groups is 2. The van der Waals surface area contributed by atoms with Crippen molar-refractivity contribution in [2.45, 2.75) is 71.8 Å². The maximum absolute atomic E-state index is 12.1. The fourth-order valence-electron chi connectivity index (χ4n) is 2.40. The van der Waals surface area contributed by atoms with Gasteiger partial charge in [-0.05, 0) is 31.9 Å². The predicted octanol–water partition coefficient (Wildman–Crippen LogP) is 4.19. The highest BCUT2D eigenvalue weighted by Gasteiger charge is 2.15. The standard InChI is InChI=1S/C19H30N2O2/c1-4-5-6-7-8-9-14-18(22)20-16(3)19(23)21-17-13-11-10-12-15(17)2/h10-13,16H,4-9,14H2,1-3H3,(H,20,22)(H,21,23). The Balaban J connectivity index is 2.26. The summed E-state index contributed by atoms with van der Waals surface area (Å²) in [5.74, 6) is -0.233. The lowest BCUT2D eigenvalue weighted by molar-refractivity contribution is -0.126. The first-order valence-electron chi connectivity index (χ1n) is 8.70. The summed E-state index contributed by atoms with van der Waals surface area (Å²) in [7, 11) is 0. The Morgan fingerprint density at radius 3 is 2.39 bits per heavy atom. The average molecular weight is 318 g/mol. The first-order chi connectivity index (χ1) is 11.0. The lowest BCUT2D eigenvalue weighted by Gasteiger charge is -2.15. The van der Waals surface area contributed by atoms with Crippen LogP contribution in [-0.2, 0) is 9.59 Å². The Morgan fingerprint density at radius 2 is 1.70 bits per heavy atom. The van der Waals surface area contributed by atoms with E-state index >= 15 is 0 Å². The van der Waals surface area contributed by atoms with Gasteiger partial charge in [0.05, 0.1) is 0 Å². The largest absolute Gasteiger partial charge is 0.345 e. The number of aryl methyl sites for hydroxylation is 1. The topological polar surface area (TPSA) is 58.2 Å². The molecular weight excluding hydrogens is 288 g/mol. The van der Waals surface area contributed by atoms with Gasteiger partial charge >= 0.3 is 0 Å². The van der Waals surface area contributed by atoms with Crippen LogP contribution in [0.15, 0.2) is 24.3 Å². The van der Waals surface area contributed by atoms with Gasteiger partial charge in [-0.15, -0.1) is 0 Å². The van der Waals surface area contributed by atoms with Gasteiger partial charge in [0.1, 0.15) is 6.04 Å². The molecule has 0 fully saturated rings. The number of hydrogen-bond acceptors (Lipinski definition) is 2. The molecule has 2 amide bonds. The van der Waals surface area contributed by atoms with Gasteiger partial charge < -0.3 is 10.6 Å². The number of anilines is 1. The molecule has 0 bridgehead atoms. The molecule has 0 aliphatic heterocycles. The van der Waals surface area contributed by atoms with Gasteiger partial charge in [0.2, 0.25) is 11.8 Å². The number of unbranched alkanes of at least 4 members (excludes halogenated alkanes) is 5. The van der Waals surface area contributed by atoms with Crippen molar-refractivity contribution in [2.75, 3.05) is 5.32 Å². The lowest BCUT2D eigenvalue weighted by atomic mass is 10.1. The van der Waals surface area contributed by atoms with Gasteiger partial charge in [-0.1, -0.05) is 57.2 Å². The highest BCUT2D eigenvalue weighted by molar-refractivity contribution is 5.97. The maximum Gasteiger partial charge on any atom is 0.246 e. The minimum atomic E-state index is -0.526. The second-order valence-electron chi connectivity index (χ2n) is 6.11. The van der Waals surface area contributed by atoms with Gasteiger partial charge in [-0.2, -0.15) is 0 Å². The molecule has 0 aliphatic rings. The summed E-state index contributed by atoms with van der Waals surface area (Å²) in [4.78, 5) is 24.0. The van der Waals surface area contributed by atoms with E-state index in [1.807, 2.05) is 31.2 Å². The van der Waals surface area contributed by atoms with Gasteiger partial charge in [0, 0.05) is 12.1 Å². The molecule has 0 saturated carbocycles. The van der Waals surface area contributed by atoms with Crippen LogP contribution < -0.4 is 10.6 Å². The molecule has 1 rings (SSSR count). The van der Waals surface area contributed by atoms with Crippen LogP contribution in [0.4, 0.5) is 5.69 Å². The van der Waals surface area contributed by atoms with E-state index in [1.165, 1.54) is 25.7 Å². The van der Waals surface area contributed by atoms with E-state index in [0.717, 1.165) is 24.1 Å². The first kappa shape index (κ1) is 19.2. The van der Waals surface area contributed by atoms with Crippen LogP contribution in [-0.4, -0.2) is 17.9 Å². The van der Waals surface area contributed by atoms with E-state index < -0.39 is 6.04 Å². The fraction of sp³-hybridized carbons (Fsp3) is 0.579. The second kappa shape index (κ2) is 10.8. The van der Waals surface area contributed by atoms with Crippen molar-refractivity contribution < 1.29 is 9.59 Å². The smallest absolute Gasteiger partial charge is 0.246 e. The zero-order chi connectivity index (χ0) is 17.1. The van der Waals surface area contributed by atoms with Crippen molar-refractivity contribution in [1.82, 2.24) is 5.32 Å². The Kier molecular flexibility index (Phi) is 9.03. The average Bonchev–Trinajstić information content (AvgIpc) is 2.52. The van der Waals surface area contributed by atoms with Gasteiger partial charge in [-0.25, -0.2) is 0 Å². The minimum Gasteiger partial charge on any atom is -0.345 e. The number of benzene rings is 1. The zero-order valence-electron chi connectivity index (χ0n) is 14.7. The summed E-state index contributed by atoms with van der Waals surface area (Å²) in [6.07, 6.45) is 7.39. The Labute approximate surface area is 140 Å². The monoisotopic (exact) mass is 318 g/mol. The lowest BCUT2D eigenvalue weighted by Crippen LogP contribution is -2.41. The number of hydrogen-bond donors (Lipinski definition) is 2. The van der Waals surface area contributed by atoms with E-state index in [0.29, 0.717) is 6.42 Å². The quantitative estimate of drug-likeness (QED) is 0.636. The molecule has 0 aromatic heterocycles. The van der Waals surface area contributed by atoms with E-state index in [2.05, 4.69) is 17.6 Å². The van der Waals surface area contributed by atoms with Crippen LogP contribution in [0.3, 0.4) is 0 Å². The van der Waals surface area contributed by atoms with Crippen molar-refractivity contribution in [1.29, 1.82) is 0 Å². The number of amides is 2. The molecule has 4 nitrogen and oxygen atoms in total. The third-order valence-corrected chi connectivity index (χ3v) is 3.93. The molecule has 0 saturated heterocycles. The van der Waals surface area contributed by atoms with E-state index in [4.69, 9.17) is 0 Å². The molecule has 0 aliphatic carbocycles. The van der Waals surface area contributed by atoms with E-state index in [-0.39, 0.29) is 11.8 Å². The van der Waals surface area contributed by atoms with Crippen LogP contribution >= 0.6 is 0 Å². The predicted molar refractivity (Wildman–Crippen MR) is 95.4 cm³/mol. The third kappa shape index (κ3) is 7.82. The molecule has 1 aromatic rings. The highest BCUT2D eigenvalue weighted by atomic mass is 16.2. The summed E-state index contributed by atoms with van der Waals surface area (Å²) in [5.41, 5.74) is 1.79. The fourth-order valence-corrected chi connectivity index (χ4v) is 2.40. The molecule has 1 aromatic carbocycles. The van der Waals surface area contributed by atoms with Gasteiger partial charge in [0.15, 0.2) is 0 Å². The SMILES string of the molecule is CCCCCCCCC(=O)NC(C)C(=O)Nc1ccccc1C. The molecule has 1 atom stereocenters. The number of carbonyl (C=O) groups excluding carboxylic acids is 2. The van der Waals surface area contributed by atoms with Crippen molar-refractivity contribution in [3.8, 4) is 0 Å². The molecule has 0 heterocycles. The van der Waals surface area contributed by atoms with Crippen LogP contribution in [0.1, 0.15) is 64.4 Å². The van der Waals surface area contributed by atoms with Crippen molar-refractivity contribution in [2.24, 2.45) is 0 Å². The number of rotatable bonds is 10. The molecular formula is C19H30N2O2. The molecule has 128 valence electrons. The Morgan fingerprint density at radius 1 is 1.04 bits per heavy atom. The summed E-state index contributed by atoms with van der Waals surface area (Å²) >= 11 is 0. The first-order valence-corrected chi connectivity index (χ1v) is 8.70. The number of nitrogens with one attached hydrogen (secondary N) is 2. The maximum atomic E-state index is 12.1. The van der Waals surface area contributed by atoms with Crippen LogP contribution in [0.2, 0.25) is 0 Å². The van der Waals surface area contributed by atoms with Crippen molar-refractivity contribution >= 4 is 17.5 Å². The molecule has 0 radical (unpaired) electrons. The molecule has 2 N–H and O–H groups in total. The summed E-state index contributed by atoms with van der Waals surface area (Å²) in [6, 6.07) is 7.08. The van der Waals surface area contributed by atoms with E-state index in [1.54, 1.807) is 6.92 Å². The highest BCUT2D eigenvalue weighted by Crippen LogP contribution is 2.13. The summed E-state index contributed by atoms with van der Waals surface area (Å²) in [5, 5.41) is 5.62. The molecule has 0 spiro atoms. The molecule has 4 heteroatoms. The van der Waals surface area contributed by atoms with Crippen LogP contribution in [0, 0.1) is 6.92 Å². The molecule has 23 heavy (non-hydrogen) atoms. The van der Waals surface area contributed by atoms with Crippen molar-refractivity contribution in [3.63, 3.8) is 0 Å². The van der Waals surface area contributed by atoms with Gasteiger partial charge in [0.25, 0.3) is 0 Å². The van der Waals surface area contributed by atoms with Crippen LogP contribution in [0.25, 0.3) is 0 Å². The normalized spacial score (nSPS) is 11.8. The molecule has 1 unspecified atom stereocenters. The summed E-state index contributed by atoms with van der Waals surface area (Å²) < 4.78 is 0. The summed E-state index contributed by atoms with van der Waals surface area (Å²) in [6.45, 7) is 5.85. The van der Waals surface area contributed by atoms with Gasteiger partial charge in [-0.3, -0.25) is 9.59 Å². The second-order valence-corrected chi connectivity index (χ2v) is 6.11. The van der Waals surface area contributed by atoms with Crippen LogP contribution in [0.5, 0.6) is 0 Å². The zero-order valence-corrected chi connectivity index (χ0v) is 14.7.